The summed E-state index contributed by atoms with van der Waals surface area (Å²) in [4.78, 5) is 15.0. The van der Waals surface area contributed by atoms with Crippen LogP contribution in [0.5, 0.6) is 6.01 Å². The lowest BCUT2D eigenvalue weighted by Crippen LogP contribution is -2.27. The molecule has 118 valence electrons. The van der Waals surface area contributed by atoms with E-state index in [1.165, 1.54) is 0 Å². The number of nitrogens with zero attached hydrogens (tertiary/aromatic N) is 4. The lowest BCUT2D eigenvalue weighted by molar-refractivity contribution is -0.00461. The van der Waals surface area contributed by atoms with Crippen molar-refractivity contribution >= 4 is 11.9 Å². The van der Waals surface area contributed by atoms with Gasteiger partial charge >= 0.3 is 6.01 Å². The van der Waals surface area contributed by atoms with E-state index in [1.807, 2.05) is 11.8 Å². The molecule has 1 aliphatic rings. The topological polar surface area (TPSA) is 81.6 Å². The molecule has 2 atom stereocenters. The Morgan fingerprint density at radius 3 is 2.33 bits per heavy atom. The second kappa shape index (κ2) is 7.37. The van der Waals surface area contributed by atoms with Crippen molar-refractivity contribution in [3.8, 4) is 6.01 Å². The second-order valence-electron chi connectivity index (χ2n) is 4.79. The van der Waals surface area contributed by atoms with E-state index in [4.69, 9.17) is 14.2 Å². The van der Waals surface area contributed by atoms with Crippen LogP contribution in [0.25, 0.3) is 0 Å². The highest BCUT2D eigenvalue weighted by atomic mass is 16.5. The van der Waals surface area contributed by atoms with Gasteiger partial charge in [-0.3, -0.25) is 0 Å². The van der Waals surface area contributed by atoms with Crippen LogP contribution in [0.15, 0.2) is 0 Å². The fraction of sp³-hybridized carbons (Fsp3) is 0.769. The van der Waals surface area contributed by atoms with E-state index in [-0.39, 0.29) is 12.2 Å². The first kappa shape index (κ1) is 15.7. The molecular formula is C13H23N5O3. The van der Waals surface area contributed by atoms with E-state index < -0.39 is 0 Å². The molecule has 0 aromatic carbocycles. The first-order chi connectivity index (χ1) is 10.2. The van der Waals surface area contributed by atoms with Crippen molar-refractivity contribution in [1.29, 1.82) is 0 Å². The van der Waals surface area contributed by atoms with Gasteiger partial charge in [0.1, 0.15) is 12.2 Å². The zero-order chi connectivity index (χ0) is 15.2. The van der Waals surface area contributed by atoms with Crippen molar-refractivity contribution in [2.75, 3.05) is 51.2 Å². The Balaban J connectivity index is 2.18. The molecule has 1 saturated heterocycles. The van der Waals surface area contributed by atoms with Crippen LogP contribution in [0.2, 0.25) is 0 Å². The van der Waals surface area contributed by atoms with E-state index in [9.17, 15) is 0 Å². The smallest absolute Gasteiger partial charge is 0.323 e. The predicted octanol–water partition coefficient (Wildman–Crippen LogP) is 0.552. The molecule has 0 bridgehead atoms. The molecule has 1 aromatic heterocycles. The molecule has 1 aliphatic heterocycles. The molecule has 1 aromatic rings. The average molecular weight is 297 g/mol. The third-order valence-electron chi connectivity index (χ3n) is 3.37. The molecule has 8 heteroatoms. The van der Waals surface area contributed by atoms with Gasteiger partial charge in [0.15, 0.2) is 0 Å². The van der Waals surface area contributed by atoms with E-state index in [2.05, 4.69) is 20.3 Å². The number of ether oxygens (including phenoxy) is 3. The SMILES string of the molecule is CCCOc1nc(NC)nc(N2CC(OC)C(OC)C2)n1. The van der Waals surface area contributed by atoms with E-state index in [1.54, 1.807) is 21.3 Å². The number of nitrogens with one attached hydrogen (secondary N) is 1. The highest BCUT2D eigenvalue weighted by molar-refractivity contribution is 5.40. The van der Waals surface area contributed by atoms with Crippen LogP contribution >= 0.6 is 0 Å². The number of anilines is 2. The summed E-state index contributed by atoms with van der Waals surface area (Å²) in [5, 5.41) is 2.93. The van der Waals surface area contributed by atoms with E-state index in [0.717, 1.165) is 6.42 Å². The first-order valence-electron chi connectivity index (χ1n) is 7.09. The molecule has 2 rings (SSSR count). The number of aromatic nitrogens is 3. The Kier molecular flexibility index (Phi) is 5.51. The summed E-state index contributed by atoms with van der Waals surface area (Å²) in [5.41, 5.74) is 0. The molecule has 1 N–H and O–H groups in total. The maximum Gasteiger partial charge on any atom is 0.323 e. The Morgan fingerprint density at radius 2 is 1.81 bits per heavy atom. The molecule has 0 radical (unpaired) electrons. The lowest BCUT2D eigenvalue weighted by Gasteiger charge is -2.16. The van der Waals surface area contributed by atoms with Crippen molar-refractivity contribution in [3.05, 3.63) is 0 Å². The summed E-state index contributed by atoms with van der Waals surface area (Å²) in [6.07, 6.45) is 0.909. The maximum absolute atomic E-state index is 5.51. The Bertz CT molecular complexity index is 447. The van der Waals surface area contributed by atoms with Gasteiger partial charge in [-0.2, -0.15) is 15.0 Å². The second-order valence-corrected chi connectivity index (χ2v) is 4.79. The van der Waals surface area contributed by atoms with E-state index >= 15 is 0 Å². The highest BCUT2D eigenvalue weighted by Crippen LogP contribution is 2.22. The summed E-state index contributed by atoms with van der Waals surface area (Å²) >= 11 is 0. The number of hydrogen-bond donors (Lipinski definition) is 1. The van der Waals surface area contributed by atoms with Crippen LogP contribution in [0.3, 0.4) is 0 Å². The first-order valence-corrected chi connectivity index (χ1v) is 7.09. The molecule has 8 nitrogen and oxygen atoms in total. The van der Waals surface area contributed by atoms with Gasteiger partial charge < -0.3 is 24.4 Å². The fourth-order valence-corrected chi connectivity index (χ4v) is 2.22. The fourth-order valence-electron chi connectivity index (χ4n) is 2.22. The Morgan fingerprint density at radius 1 is 1.14 bits per heavy atom. The quantitative estimate of drug-likeness (QED) is 0.781. The maximum atomic E-state index is 5.51. The Labute approximate surface area is 124 Å². The van der Waals surface area contributed by atoms with Crippen LogP contribution < -0.4 is 15.0 Å². The summed E-state index contributed by atoms with van der Waals surface area (Å²) < 4.78 is 16.4. The van der Waals surface area contributed by atoms with Gasteiger partial charge in [-0.1, -0.05) is 6.92 Å². The predicted molar refractivity (Wildman–Crippen MR) is 79.0 cm³/mol. The monoisotopic (exact) mass is 297 g/mol. The minimum atomic E-state index is 0.00445. The van der Waals surface area contributed by atoms with E-state index in [0.29, 0.717) is 37.6 Å². The Hall–Kier alpha value is -1.67. The summed E-state index contributed by atoms with van der Waals surface area (Å²) in [7, 11) is 5.13. The molecule has 0 spiro atoms. The molecule has 21 heavy (non-hydrogen) atoms. The lowest BCUT2D eigenvalue weighted by atomic mass is 10.3. The molecule has 0 amide bonds. The number of rotatable bonds is 7. The van der Waals surface area contributed by atoms with Gasteiger partial charge in [-0.05, 0) is 6.42 Å². The molecule has 2 unspecified atom stereocenters. The standard InChI is InChI=1S/C13H23N5O3/c1-5-6-21-13-16-11(14-2)15-12(17-13)18-7-9(19-3)10(8-18)20-4/h9-10H,5-8H2,1-4H3,(H,14,15,16,17). The van der Waals surface area contributed by atoms with Gasteiger partial charge in [0.25, 0.3) is 0 Å². The zero-order valence-corrected chi connectivity index (χ0v) is 13.0. The summed E-state index contributed by atoms with van der Waals surface area (Å²) in [5.74, 6) is 1.06. The summed E-state index contributed by atoms with van der Waals surface area (Å²) in [6, 6.07) is 0.334. The highest BCUT2D eigenvalue weighted by Gasteiger charge is 2.34. The van der Waals surface area contributed by atoms with Crippen molar-refractivity contribution in [2.24, 2.45) is 0 Å². The van der Waals surface area contributed by atoms with Crippen molar-refractivity contribution in [2.45, 2.75) is 25.6 Å². The van der Waals surface area contributed by atoms with Crippen molar-refractivity contribution < 1.29 is 14.2 Å². The summed E-state index contributed by atoms with van der Waals surface area (Å²) in [6.45, 7) is 3.96. The average Bonchev–Trinajstić information content (AvgIpc) is 2.96. The van der Waals surface area contributed by atoms with Crippen molar-refractivity contribution in [3.63, 3.8) is 0 Å². The van der Waals surface area contributed by atoms with Gasteiger partial charge in [0.05, 0.1) is 6.61 Å². The van der Waals surface area contributed by atoms with Gasteiger partial charge in [0.2, 0.25) is 11.9 Å². The van der Waals surface area contributed by atoms with Gasteiger partial charge in [-0.15, -0.1) is 0 Å². The van der Waals surface area contributed by atoms with Crippen LogP contribution in [0, 0.1) is 0 Å². The van der Waals surface area contributed by atoms with Crippen LogP contribution in [0.1, 0.15) is 13.3 Å². The third-order valence-corrected chi connectivity index (χ3v) is 3.37. The number of methoxy groups -OCH3 is 2. The van der Waals surface area contributed by atoms with Crippen molar-refractivity contribution in [1.82, 2.24) is 15.0 Å². The van der Waals surface area contributed by atoms with Crippen LogP contribution in [-0.4, -0.2) is 68.1 Å². The molecule has 2 heterocycles. The molecule has 0 saturated carbocycles. The molecular weight excluding hydrogens is 274 g/mol. The number of hydrogen-bond acceptors (Lipinski definition) is 8. The zero-order valence-electron chi connectivity index (χ0n) is 13.0. The molecule has 1 fully saturated rings. The van der Waals surface area contributed by atoms with Gasteiger partial charge in [0, 0.05) is 34.4 Å². The third kappa shape index (κ3) is 3.70. The normalized spacial score (nSPS) is 21.6. The van der Waals surface area contributed by atoms with Crippen LogP contribution in [-0.2, 0) is 9.47 Å². The van der Waals surface area contributed by atoms with Crippen LogP contribution in [0.4, 0.5) is 11.9 Å². The minimum Gasteiger partial charge on any atom is -0.463 e. The molecule has 0 aliphatic carbocycles. The largest absolute Gasteiger partial charge is 0.463 e. The minimum absolute atomic E-state index is 0.00445. The van der Waals surface area contributed by atoms with Gasteiger partial charge in [-0.25, -0.2) is 0 Å².